The molecule has 0 fully saturated rings. The lowest BCUT2D eigenvalue weighted by Gasteiger charge is -2.25. The fourth-order valence-electron chi connectivity index (χ4n) is 3.39. The lowest BCUT2D eigenvalue weighted by atomic mass is 10.0. The summed E-state index contributed by atoms with van der Waals surface area (Å²) in [7, 11) is 0. The fourth-order valence-corrected chi connectivity index (χ4v) is 3.39. The maximum atomic E-state index is 13.0. The molecule has 8 nitrogen and oxygen atoms in total. The normalized spacial score (nSPS) is 13.5. The zero-order chi connectivity index (χ0) is 21.8. The molecule has 1 aliphatic heterocycles. The molecule has 0 radical (unpaired) electrons. The highest BCUT2D eigenvalue weighted by Gasteiger charge is 2.42. The van der Waals surface area contributed by atoms with Crippen LogP contribution >= 0.6 is 0 Å². The van der Waals surface area contributed by atoms with Crippen molar-refractivity contribution >= 4 is 23.6 Å². The summed E-state index contributed by atoms with van der Waals surface area (Å²) in [5, 5.41) is 0. The summed E-state index contributed by atoms with van der Waals surface area (Å²) in [6.07, 6.45) is 1.55. The van der Waals surface area contributed by atoms with E-state index in [2.05, 4.69) is 15.8 Å². The average molecular weight is 414 g/mol. The first-order valence-corrected chi connectivity index (χ1v) is 9.58. The Morgan fingerprint density at radius 1 is 0.806 bits per heavy atom. The van der Waals surface area contributed by atoms with Gasteiger partial charge in [0.05, 0.1) is 11.1 Å². The Balaban J connectivity index is 1.58. The molecule has 2 heterocycles. The van der Waals surface area contributed by atoms with E-state index in [4.69, 9.17) is 0 Å². The molecule has 2 aromatic carbocycles. The molecule has 1 aromatic heterocycles. The quantitative estimate of drug-likeness (QED) is 0.488. The molecular weight excluding hydrogens is 396 g/mol. The minimum Gasteiger partial charge on any atom is -0.271 e. The van der Waals surface area contributed by atoms with Crippen LogP contribution in [0.15, 0.2) is 79.0 Å². The Morgan fingerprint density at radius 3 is 2.03 bits per heavy atom. The molecule has 0 saturated heterocycles. The molecule has 0 aliphatic carbocycles. The van der Waals surface area contributed by atoms with Gasteiger partial charge < -0.3 is 0 Å². The zero-order valence-corrected chi connectivity index (χ0v) is 16.3. The van der Waals surface area contributed by atoms with Crippen LogP contribution in [0.4, 0.5) is 0 Å². The van der Waals surface area contributed by atoms with E-state index in [0.29, 0.717) is 0 Å². The third kappa shape index (κ3) is 4.04. The van der Waals surface area contributed by atoms with Gasteiger partial charge in [-0.15, -0.1) is 0 Å². The van der Waals surface area contributed by atoms with Crippen molar-refractivity contribution in [1.82, 2.24) is 20.7 Å². The van der Waals surface area contributed by atoms with E-state index >= 15 is 0 Å². The van der Waals surface area contributed by atoms with E-state index in [1.807, 2.05) is 6.07 Å². The summed E-state index contributed by atoms with van der Waals surface area (Å²) in [5.41, 5.74) is 5.98. The monoisotopic (exact) mass is 414 g/mol. The average Bonchev–Trinajstić information content (AvgIpc) is 3.07. The summed E-state index contributed by atoms with van der Waals surface area (Å²) in [4.78, 5) is 56.0. The summed E-state index contributed by atoms with van der Waals surface area (Å²) < 4.78 is 0. The number of hydrazine groups is 1. The van der Waals surface area contributed by atoms with Crippen LogP contribution in [0.25, 0.3) is 0 Å². The highest BCUT2D eigenvalue weighted by molar-refractivity contribution is 6.22. The van der Waals surface area contributed by atoms with Gasteiger partial charge in [-0.3, -0.25) is 39.9 Å². The molecule has 2 N–H and O–H groups in total. The molecule has 1 aliphatic rings. The number of rotatable bonds is 5. The minimum absolute atomic E-state index is 0.0948. The van der Waals surface area contributed by atoms with Gasteiger partial charge in [-0.1, -0.05) is 48.5 Å². The van der Waals surface area contributed by atoms with E-state index in [1.54, 1.807) is 60.7 Å². The SMILES string of the molecule is O=C(NNC(=O)C(Cc1ccccc1)N1C(=O)c2ccccc2C1=O)c1ccccn1. The van der Waals surface area contributed by atoms with Crippen LogP contribution in [0, 0.1) is 0 Å². The van der Waals surface area contributed by atoms with Gasteiger partial charge in [-0.2, -0.15) is 0 Å². The van der Waals surface area contributed by atoms with Gasteiger partial charge in [0.15, 0.2) is 0 Å². The van der Waals surface area contributed by atoms with Crippen molar-refractivity contribution in [2.45, 2.75) is 12.5 Å². The van der Waals surface area contributed by atoms with Crippen molar-refractivity contribution in [2.24, 2.45) is 0 Å². The van der Waals surface area contributed by atoms with Gasteiger partial charge in [0, 0.05) is 12.6 Å². The largest absolute Gasteiger partial charge is 0.288 e. The Hall–Kier alpha value is -4.33. The number of nitrogens with one attached hydrogen (secondary N) is 2. The number of amides is 4. The van der Waals surface area contributed by atoms with Crippen molar-refractivity contribution < 1.29 is 19.2 Å². The van der Waals surface area contributed by atoms with Crippen LogP contribution in [0.3, 0.4) is 0 Å². The number of aromatic nitrogens is 1. The number of imide groups is 1. The molecule has 0 saturated carbocycles. The Kier molecular flexibility index (Phi) is 5.53. The van der Waals surface area contributed by atoms with Gasteiger partial charge in [-0.05, 0) is 29.8 Å². The van der Waals surface area contributed by atoms with Crippen molar-refractivity contribution in [3.05, 3.63) is 101 Å². The molecular formula is C23H18N4O4. The summed E-state index contributed by atoms with van der Waals surface area (Å²) in [6, 6.07) is 19.1. The predicted octanol–water partition coefficient (Wildman–Crippen LogP) is 1.75. The maximum Gasteiger partial charge on any atom is 0.288 e. The summed E-state index contributed by atoms with van der Waals surface area (Å²) in [6.45, 7) is 0. The molecule has 1 atom stereocenters. The van der Waals surface area contributed by atoms with Crippen molar-refractivity contribution in [1.29, 1.82) is 0 Å². The second-order valence-corrected chi connectivity index (χ2v) is 6.89. The van der Waals surface area contributed by atoms with E-state index in [-0.39, 0.29) is 23.2 Å². The van der Waals surface area contributed by atoms with Crippen LogP contribution in [-0.2, 0) is 11.2 Å². The second kappa shape index (κ2) is 8.58. The Labute approximate surface area is 177 Å². The van der Waals surface area contributed by atoms with Crippen LogP contribution in [0.5, 0.6) is 0 Å². The fraction of sp³-hybridized carbons (Fsp3) is 0.0870. The standard InChI is InChI=1S/C23H18N4O4/c28-20(18-12-6-7-13-24-18)25-26-21(29)19(14-15-8-2-1-3-9-15)27-22(30)16-10-4-5-11-17(16)23(27)31/h1-13,19H,14H2,(H,25,28)(H,26,29). The first-order valence-electron chi connectivity index (χ1n) is 9.58. The molecule has 3 aromatic rings. The van der Waals surface area contributed by atoms with Gasteiger partial charge >= 0.3 is 0 Å². The molecule has 31 heavy (non-hydrogen) atoms. The molecule has 0 spiro atoms. The molecule has 1 unspecified atom stereocenters. The third-order valence-corrected chi connectivity index (χ3v) is 4.91. The highest BCUT2D eigenvalue weighted by Crippen LogP contribution is 2.26. The van der Waals surface area contributed by atoms with Crippen molar-refractivity contribution in [3.63, 3.8) is 0 Å². The number of fused-ring (bicyclic) bond motifs is 1. The van der Waals surface area contributed by atoms with Crippen LogP contribution in [0.1, 0.15) is 36.8 Å². The Morgan fingerprint density at radius 2 is 1.42 bits per heavy atom. The Bertz CT molecular complexity index is 1110. The van der Waals surface area contributed by atoms with E-state index in [1.165, 1.54) is 12.3 Å². The minimum atomic E-state index is -1.15. The number of pyridine rings is 1. The van der Waals surface area contributed by atoms with E-state index in [0.717, 1.165) is 10.5 Å². The number of carbonyl (C=O) groups excluding carboxylic acids is 4. The molecule has 0 bridgehead atoms. The number of benzene rings is 2. The predicted molar refractivity (Wildman–Crippen MR) is 111 cm³/mol. The second-order valence-electron chi connectivity index (χ2n) is 6.89. The first kappa shape index (κ1) is 20.0. The summed E-state index contributed by atoms with van der Waals surface area (Å²) in [5.74, 6) is -2.40. The van der Waals surface area contributed by atoms with Gasteiger partial charge in [0.2, 0.25) is 0 Å². The molecule has 8 heteroatoms. The molecule has 154 valence electrons. The number of nitrogens with zero attached hydrogens (tertiary/aromatic N) is 2. The molecule has 4 amide bonds. The smallest absolute Gasteiger partial charge is 0.271 e. The highest BCUT2D eigenvalue weighted by atomic mass is 16.2. The topological polar surface area (TPSA) is 108 Å². The number of carbonyl (C=O) groups is 4. The van der Waals surface area contributed by atoms with E-state index < -0.39 is 29.7 Å². The van der Waals surface area contributed by atoms with Crippen LogP contribution in [-0.4, -0.2) is 39.6 Å². The van der Waals surface area contributed by atoms with Gasteiger partial charge in [-0.25, -0.2) is 0 Å². The van der Waals surface area contributed by atoms with Crippen molar-refractivity contribution in [2.75, 3.05) is 0 Å². The third-order valence-electron chi connectivity index (χ3n) is 4.91. The summed E-state index contributed by atoms with van der Waals surface area (Å²) >= 11 is 0. The van der Waals surface area contributed by atoms with Crippen molar-refractivity contribution in [3.8, 4) is 0 Å². The molecule has 4 rings (SSSR count). The lowest BCUT2D eigenvalue weighted by Crippen LogP contribution is -2.54. The number of hydrogen-bond acceptors (Lipinski definition) is 5. The lowest BCUT2D eigenvalue weighted by molar-refractivity contribution is -0.125. The maximum absolute atomic E-state index is 13.0. The van der Waals surface area contributed by atoms with Gasteiger partial charge in [0.25, 0.3) is 23.6 Å². The van der Waals surface area contributed by atoms with Crippen LogP contribution < -0.4 is 10.9 Å². The zero-order valence-electron chi connectivity index (χ0n) is 16.3. The first-order chi connectivity index (χ1) is 15.1. The van der Waals surface area contributed by atoms with Crippen LogP contribution in [0.2, 0.25) is 0 Å². The number of hydrogen-bond donors (Lipinski definition) is 2. The van der Waals surface area contributed by atoms with Gasteiger partial charge in [0.1, 0.15) is 11.7 Å². The van der Waals surface area contributed by atoms with E-state index in [9.17, 15) is 19.2 Å².